The molecule has 2 amide bonds. The van der Waals surface area contributed by atoms with E-state index in [1.165, 1.54) is 0 Å². The molecular formula is C32H42N2O8. The molecule has 0 bridgehead atoms. The number of hydrogen-bond donors (Lipinski definition) is 2. The highest BCUT2D eigenvalue weighted by atomic mass is 16.6. The third-order valence-corrected chi connectivity index (χ3v) is 6.65. The molecule has 0 aromatic heterocycles. The predicted octanol–water partition coefficient (Wildman–Crippen LogP) is 4.63. The minimum absolute atomic E-state index is 0.0166. The Labute approximate surface area is 247 Å². The summed E-state index contributed by atoms with van der Waals surface area (Å²) in [6.45, 7) is 5.05. The molecule has 1 fully saturated rings. The number of carbonyl (C=O) groups excluding carboxylic acids is 4. The first-order chi connectivity index (χ1) is 20.0. The highest BCUT2D eigenvalue weighted by Crippen LogP contribution is 2.21. The molecule has 3 rings (SSSR count). The van der Waals surface area contributed by atoms with E-state index in [4.69, 9.17) is 18.9 Å². The van der Waals surface area contributed by atoms with Crippen LogP contribution in [0, 0.1) is 0 Å². The molecule has 0 aliphatic heterocycles. The van der Waals surface area contributed by atoms with Gasteiger partial charge in [0.1, 0.15) is 36.1 Å². The first-order valence-corrected chi connectivity index (χ1v) is 14.4. The number of carbonyl (C=O) groups is 4. The number of alkyl carbamates (subject to hydrolysis) is 1. The van der Waals surface area contributed by atoms with E-state index in [0.717, 1.165) is 43.2 Å². The van der Waals surface area contributed by atoms with Gasteiger partial charge >= 0.3 is 18.0 Å². The Bertz CT molecular complexity index is 1170. The van der Waals surface area contributed by atoms with Gasteiger partial charge in [0, 0.05) is 6.42 Å². The second-order valence-electron chi connectivity index (χ2n) is 11.4. The van der Waals surface area contributed by atoms with Gasteiger partial charge in [-0.05, 0) is 69.7 Å². The van der Waals surface area contributed by atoms with E-state index in [1.54, 1.807) is 52.1 Å². The number of ether oxygens (including phenoxy) is 4. The number of rotatable bonds is 12. The van der Waals surface area contributed by atoms with Gasteiger partial charge in [-0.2, -0.15) is 0 Å². The molecule has 10 nitrogen and oxygen atoms in total. The highest BCUT2D eigenvalue weighted by molar-refractivity contribution is 5.92. The molecule has 1 aliphatic rings. The molecule has 1 aliphatic carbocycles. The zero-order valence-electron chi connectivity index (χ0n) is 24.9. The van der Waals surface area contributed by atoms with Crippen molar-refractivity contribution in [1.29, 1.82) is 0 Å². The maximum atomic E-state index is 13.5. The number of nitrogens with one attached hydrogen (secondary N) is 2. The molecule has 2 atom stereocenters. The summed E-state index contributed by atoms with van der Waals surface area (Å²) in [5, 5.41) is 5.17. The lowest BCUT2D eigenvalue weighted by Crippen LogP contribution is -2.54. The summed E-state index contributed by atoms with van der Waals surface area (Å²) >= 11 is 0. The molecule has 2 unspecified atom stereocenters. The zero-order valence-corrected chi connectivity index (χ0v) is 24.9. The SMILES string of the molecule is COc1ccc(COC(=O)C(Cc2ccccc2)NC(=O)C(CC(=O)OC2CCCCC2)NC(=O)OC(C)(C)C)cc1. The maximum absolute atomic E-state index is 13.5. The van der Waals surface area contributed by atoms with Crippen molar-refractivity contribution in [1.82, 2.24) is 10.6 Å². The molecule has 0 spiro atoms. The van der Waals surface area contributed by atoms with Crippen LogP contribution >= 0.6 is 0 Å². The van der Waals surface area contributed by atoms with Gasteiger partial charge in [-0.25, -0.2) is 9.59 Å². The summed E-state index contributed by atoms with van der Waals surface area (Å²) in [7, 11) is 1.56. The van der Waals surface area contributed by atoms with Crippen LogP contribution in [0.25, 0.3) is 0 Å². The summed E-state index contributed by atoms with van der Waals surface area (Å²) < 4.78 is 21.6. The van der Waals surface area contributed by atoms with Crippen LogP contribution in [-0.2, 0) is 41.6 Å². The highest BCUT2D eigenvalue weighted by Gasteiger charge is 2.32. The Morgan fingerprint density at radius 2 is 1.52 bits per heavy atom. The van der Waals surface area contributed by atoms with Crippen molar-refractivity contribution in [2.45, 2.75) is 96.1 Å². The number of amides is 2. The largest absolute Gasteiger partial charge is 0.497 e. The Balaban J connectivity index is 1.73. The van der Waals surface area contributed by atoms with Crippen molar-refractivity contribution >= 4 is 23.9 Å². The first kappa shape index (κ1) is 32.4. The van der Waals surface area contributed by atoms with E-state index in [2.05, 4.69) is 10.6 Å². The quantitative estimate of drug-likeness (QED) is 0.274. The summed E-state index contributed by atoms with van der Waals surface area (Å²) in [4.78, 5) is 52.2. The minimum atomic E-state index is -1.33. The van der Waals surface area contributed by atoms with E-state index < -0.39 is 48.0 Å². The van der Waals surface area contributed by atoms with Gasteiger partial charge in [-0.1, -0.05) is 48.9 Å². The summed E-state index contributed by atoms with van der Waals surface area (Å²) in [6, 6.07) is 13.8. The fraction of sp³-hybridized carbons (Fsp3) is 0.500. The molecular weight excluding hydrogens is 540 g/mol. The van der Waals surface area contributed by atoms with Gasteiger partial charge in [-0.3, -0.25) is 9.59 Å². The van der Waals surface area contributed by atoms with Crippen LogP contribution in [0.1, 0.15) is 70.4 Å². The van der Waals surface area contributed by atoms with Crippen LogP contribution in [0.15, 0.2) is 54.6 Å². The van der Waals surface area contributed by atoms with Gasteiger partial charge in [-0.15, -0.1) is 0 Å². The Hall–Kier alpha value is -4.08. The van der Waals surface area contributed by atoms with Crippen molar-refractivity contribution in [2.75, 3.05) is 7.11 Å². The average Bonchev–Trinajstić information content (AvgIpc) is 2.95. The lowest BCUT2D eigenvalue weighted by molar-refractivity contribution is -0.152. The minimum Gasteiger partial charge on any atom is -0.497 e. The van der Waals surface area contributed by atoms with Crippen LogP contribution in [0.4, 0.5) is 4.79 Å². The van der Waals surface area contributed by atoms with Crippen LogP contribution in [0.5, 0.6) is 5.75 Å². The van der Waals surface area contributed by atoms with Crippen LogP contribution in [0.3, 0.4) is 0 Å². The van der Waals surface area contributed by atoms with Crippen molar-refractivity contribution in [3.63, 3.8) is 0 Å². The van der Waals surface area contributed by atoms with E-state index in [9.17, 15) is 19.2 Å². The van der Waals surface area contributed by atoms with Crippen LogP contribution < -0.4 is 15.4 Å². The summed E-state index contributed by atoms with van der Waals surface area (Å²) in [6.07, 6.45) is 3.21. The standard InChI is InChI=1S/C32H42N2O8/c1-32(2,3)42-31(38)34-26(20-28(35)41-25-13-9-6-10-14-25)29(36)33-27(19-22-11-7-5-8-12-22)30(37)40-21-23-15-17-24(39-4)18-16-23/h5,7-8,11-12,15-18,25-27H,6,9-10,13-14,19-21H2,1-4H3,(H,33,36)(H,34,38). The Kier molecular flexibility index (Phi) is 12.2. The lowest BCUT2D eigenvalue weighted by atomic mass is 9.98. The van der Waals surface area contributed by atoms with Crippen molar-refractivity contribution in [3.8, 4) is 5.75 Å². The predicted molar refractivity (Wildman–Crippen MR) is 156 cm³/mol. The second-order valence-corrected chi connectivity index (χ2v) is 11.4. The molecule has 0 radical (unpaired) electrons. The number of esters is 2. The van der Waals surface area contributed by atoms with Crippen LogP contribution in [-0.4, -0.2) is 54.8 Å². The van der Waals surface area contributed by atoms with Gasteiger partial charge in [0.2, 0.25) is 5.91 Å². The fourth-order valence-electron chi connectivity index (χ4n) is 4.53. The molecule has 2 N–H and O–H groups in total. The number of hydrogen-bond acceptors (Lipinski definition) is 8. The Morgan fingerprint density at radius 3 is 2.14 bits per heavy atom. The number of methoxy groups -OCH3 is 1. The third kappa shape index (κ3) is 11.4. The van der Waals surface area contributed by atoms with Crippen molar-refractivity contribution < 1.29 is 38.1 Å². The number of benzene rings is 2. The third-order valence-electron chi connectivity index (χ3n) is 6.65. The van der Waals surface area contributed by atoms with Gasteiger partial charge < -0.3 is 29.6 Å². The first-order valence-electron chi connectivity index (χ1n) is 14.4. The monoisotopic (exact) mass is 582 g/mol. The van der Waals surface area contributed by atoms with Gasteiger partial charge in [0.05, 0.1) is 13.5 Å². The average molecular weight is 583 g/mol. The molecule has 42 heavy (non-hydrogen) atoms. The summed E-state index contributed by atoms with van der Waals surface area (Å²) in [5.41, 5.74) is 0.705. The smallest absolute Gasteiger partial charge is 0.408 e. The zero-order chi connectivity index (χ0) is 30.5. The molecule has 2 aromatic carbocycles. The maximum Gasteiger partial charge on any atom is 0.408 e. The van der Waals surface area contributed by atoms with E-state index in [0.29, 0.717) is 5.75 Å². The lowest BCUT2D eigenvalue weighted by Gasteiger charge is -2.26. The van der Waals surface area contributed by atoms with E-state index in [1.807, 2.05) is 30.3 Å². The second kappa shape index (κ2) is 15.8. The molecule has 0 heterocycles. The molecule has 2 aromatic rings. The fourth-order valence-corrected chi connectivity index (χ4v) is 4.53. The Morgan fingerprint density at radius 1 is 0.857 bits per heavy atom. The van der Waals surface area contributed by atoms with Gasteiger partial charge in [0.15, 0.2) is 0 Å². The molecule has 1 saturated carbocycles. The van der Waals surface area contributed by atoms with E-state index in [-0.39, 0.29) is 19.1 Å². The molecule has 10 heteroatoms. The van der Waals surface area contributed by atoms with Crippen molar-refractivity contribution in [3.05, 3.63) is 65.7 Å². The summed E-state index contributed by atoms with van der Waals surface area (Å²) in [5.74, 6) is -1.34. The van der Waals surface area contributed by atoms with Gasteiger partial charge in [0.25, 0.3) is 0 Å². The topological polar surface area (TPSA) is 129 Å². The van der Waals surface area contributed by atoms with Crippen LogP contribution in [0.2, 0.25) is 0 Å². The normalized spacial score (nSPS) is 15.0. The van der Waals surface area contributed by atoms with E-state index >= 15 is 0 Å². The molecule has 0 saturated heterocycles. The molecule has 228 valence electrons. The van der Waals surface area contributed by atoms with Crippen molar-refractivity contribution in [2.24, 2.45) is 0 Å².